The molecule has 16 heavy (non-hydrogen) atoms. The molecule has 0 amide bonds. The monoisotopic (exact) mass is 218 g/mol. The van der Waals surface area contributed by atoms with E-state index in [1.165, 1.54) is 18.4 Å². The minimum atomic E-state index is 0.573. The van der Waals surface area contributed by atoms with Crippen molar-refractivity contribution in [2.75, 3.05) is 13.1 Å². The van der Waals surface area contributed by atoms with Gasteiger partial charge in [-0.1, -0.05) is 30.3 Å². The van der Waals surface area contributed by atoms with Gasteiger partial charge in [0.2, 0.25) is 0 Å². The van der Waals surface area contributed by atoms with Crippen LogP contribution in [0.3, 0.4) is 0 Å². The fourth-order valence-corrected chi connectivity index (χ4v) is 1.81. The maximum Gasteiger partial charge on any atom is 0.0164 e. The summed E-state index contributed by atoms with van der Waals surface area (Å²) in [6, 6.07) is 12.0. The molecule has 0 aliphatic heterocycles. The Morgan fingerprint density at radius 1 is 1.25 bits per heavy atom. The Morgan fingerprint density at radius 3 is 2.69 bits per heavy atom. The van der Waals surface area contributed by atoms with E-state index in [0.29, 0.717) is 6.04 Å². The lowest BCUT2D eigenvalue weighted by Gasteiger charge is -2.14. The van der Waals surface area contributed by atoms with Gasteiger partial charge in [-0.05, 0) is 38.3 Å². The molecule has 1 atom stereocenters. The average molecular weight is 218 g/mol. The van der Waals surface area contributed by atoms with Crippen LogP contribution in [0.2, 0.25) is 0 Å². The van der Waals surface area contributed by atoms with E-state index in [4.69, 9.17) is 0 Å². The van der Waals surface area contributed by atoms with Crippen molar-refractivity contribution in [2.45, 2.75) is 38.3 Å². The smallest absolute Gasteiger partial charge is 0.0164 e. The van der Waals surface area contributed by atoms with E-state index in [2.05, 4.69) is 47.9 Å². The van der Waals surface area contributed by atoms with Gasteiger partial charge in [0, 0.05) is 18.6 Å². The van der Waals surface area contributed by atoms with E-state index in [1.807, 2.05) is 0 Å². The van der Waals surface area contributed by atoms with E-state index in [0.717, 1.165) is 25.6 Å². The second-order valence-electron chi connectivity index (χ2n) is 4.77. The van der Waals surface area contributed by atoms with Crippen LogP contribution < -0.4 is 10.6 Å². The fourth-order valence-electron chi connectivity index (χ4n) is 1.81. The highest BCUT2D eigenvalue weighted by Crippen LogP contribution is 2.18. The third-order valence-corrected chi connectivity index (χ3v) is 3.04. The number of hydrogen-bond acceptors (Lipinski definition) is 2. The van der Waals surface area contributed by atoms with Crippen LogP contribution in [0.15, 0.2) is 30.3 Å². The Balaban J connectivity index is 1.56. The van der Waals surface area contributed by atoms with Crippen LogP contribution in [0.25, 0.3) is 0 Å². The van der Waals surface area contributed by atoms with E-state index in [1.54, 1.807) is 0 Å². The van der Waals surface area contributed by atoms with E-state index in [-0.39, 0.29) is 0 Å². The summed E-state index contributed by atoms with van der Waals surface area (Å²) in [5.41, 5.74) is 1.41. The van der Waals surface area contributed by atoms with Crippen LogP contribution in [-0.2, 0) is 6.42 Å². The quantitative estimate of drug-likeness (QED) is 0.731. The Labute approximate surface area is 98.4 Å². The molecule has 0 saturated heterocycles. The van der Waals surface area contributed by atoms with Gasteiger partial charge >= 0.3 is 0 Å². The molecule has 0 bridgehead atoms. The van der Waals surface area contributed by atoms with Gasteiger partial charge in [-0.2, -0.15) is 0 Å². The minimum Gasteiger partial charge on any atom is -0.313 e. The predicted molar refractivity (Wildman–Crippen MR) is 68.6 cm³/mol. The first-order valence-electron chi connectivity index (χ1n) is 6.35. The van der Waals surface area contributed by atoms with Crippen LogP contribution in [-0.4, -0.2) is 25.2 Å². The van der Waals surface area contributed by atoms with Crippen LogP contribution in [0, 0.1) is 0 Å². The van der Waals surface area contributed by atoms with Gasteiger partial charge in [0.1, 0.15) is 0 Å². The number of hydrogen-bond donors (Lipinski definition) is 2. The molecule has 1 aliphatic carbocycles. The lowest BCUT2D eigenvalue weighted by molar-refractivity contribution is 0.503. The van der Waals surface area contributed by atoms with Gasteiger partial charge in [-0.25, -0.2) is 0 Å². The zero-order chi connectivity index (χ0) is 11.2. The van der Waals surface area contributed by atoms with E-state index < -0.39 is 0 Å². The molecular weight excluding hydrogens is 196 g/mol. The molecule has 1 aromatic rings. The molecule has 1 unspecified atom stereocenters. The first-order valence-corrected chi connectivity index (χ1v) is 6.35. The van der Waals surface area contributed by atoms with E-state index >= 15 is 0 Å². The van der Waals surface area contributed by atoms with Crippen LogP contribution in [0.4, 0.5) is 0 Å². The minimum absolute atomic E-state index is 0.573. The Hall–Kier alpha value is -0.860. The highest BCUT2D eigenvalue weighted by Gasteiger charge is 2.20. The molecule has 2 rings (SSSR count). The summed E-state index contributed by atoms with van der Waals surface area (Å²) in [6.45, 7) is 4.41. The average Bonchev–Trinajstić information content (AvgIpc) is 3.12. The summed E-state index contributed by atoms with van der Waals surface area (Å²) < 4.78 is 0. The molecular formula is C14H22N2. The predicted octanol–water partition coefficient (Wildman–Crippen LogP) is 1.96. The van der Waals surface area contributed by atoms with Crippen molar-refractivity contribution >= 4 is 0 Å². The van der Waals surface area contributed by atoms with Crippen LogP contribution in [0.1, 0.15) is 25.3 Å². The first-order chi connectivity index (χ1) is 7.84. The third-order valence-electron chi connectivity index (χ3n) is 3.04. The summed E-state index contributed by atoms with van der Waals surface area (Å²) in [5.74, 6) is 0. The Morgan fingerprint density at radius 2 is 2.00 bits per heavy atom. The lowest BCUT2D eigenvalue weighted by atomic mass is 10.1. The molecule has 1 fully saturated rings. The van der Waals surface area contributed by atoms with Crippen molar-refractivity contribution in [1.82, 2.24) is 10.6 Å². The summed E-state index contributed by atoms with van der Waals surface area (Å²) in [5, 5.41) is 7.09. The second kappa shape index (κ2) is 6.02. The number of nitrogens with one attached hydrogen (secondary N) is 2. The molecule has 1 aromatic carbocycles. The van der Waals surface area contributed by atoms with Crippen molar-refractivity contribution in [1.29, 1.82) is 0 Å². The molecule has 2 N–H and O–H groups in total. The molecule has 0 spiro atoms. The van der Waals surface area contributed by atoms with Crippen molar-refractivity contribution < 1.29 is 0 Å². The molecule has 0 heterocycles. The highest BCUT2D eigenvalue weighted by molar-refractivity contribution is 5.14. The second-order valence-corrected chi connectivity index (χ2v) is 4.77. The largest absolute Gasteiger partial charge is 0.313 e. The highest BCUT2D eigenvalue weighted by atomic mass is 15.0. The standard InChI is InChI=1S/C14H22N2/c1-12(11-16-14-7-8-14)15-10-9-13-5-3-2-4-6-13/h2-6,12,14-16H,7-11H2,1H3. The Kier molecular flexibility index (Phi) is 4.37. The normalized spacial score (nSPS) is 17.3. The van der Waals surface area contributed by atoms with Crippen molar-refractivity contribution in [3.05, 3.63) is 35.9 Å². The summed E-state index contributed by atoms with van der Waals surface area (Å²) in [6.07, 6.45) is 3.86. The van der Waals surface area contributed by atoms with Gasteiger partial charge in [0.15, 0.2) is 0 Å². The van der Waals surface area contributed by atoms with Gasteiger partial charge in [0.25, 0.3) is 0 Å². The number of rotatable bonds is 7. The zero-order valence-corrected chi connectivity index (χ0v) is 10.1. The first kappa shape index (κ1) is 11.6. The van der Waals surface area contributed by atoms with Gasteiger partial charge in [-0.3, -0.25) is 0 Å². The molecule has 1 saturated carbocycles. The van der Waals surface area contributed by atoms with Gasteiger partial charge in [-0.15, -0.1) is 0 Å². The summed E-state index contributed by atoms with van der Waals surface area (Å²) >= 11 is 0. The molecule has 0 radical (unpaired) electrons. The topological polar surface area (TPSA) is 24.1 Å². The third kappa shape index (κ3) is 4.33. The SMILES string of the molecule is CC(CNC1CC1)NCCc1ccccc1. The van der Waals surface area contributed by atoms with Crippen LogP contribution in [0.5, 0.6) is 0 Å². The van der Waals surface area contributed by atoms with Gasteiger partial charge in [0.05, 0.1) is 0 Å². The zero-order valence-electron chi connectivity index (χ0n) is 10.1. The molecule has 2 heteroatoms. The summed E-state index contributed by atoms with van der Waals surface area (Å²) in [4.78, 5) is 0. The lowest BCUT2D eigenvalue weighted by Crippen LogP contribution is -2.38. The summed E-state index contributed by atoms with van der Waals surface area (Å²) in [7, 11) is 0. The fraction of sp³-hybridized carbons (Fsp3) is 0.571. The van der Waals surface area contributed by atoms with Gasteiger partial charge < -0.3 is 10.6 Å². The van der Waals surface area contributed by atoms with Crippen molar-refractivity contribution in [3.63, 3.8) is 0 Å². The molecule has 88 valence electrons. The maximum atomic E-state index is 3.55. The van der Waals surface area contributed by atoms with E-state index in [9.17, 15) is 0 Å². The molecule has 1 aliphatic rings. The Bertz CT molecular complexity index is 293. The maximum absolute atomic E-state index is 3.55. The van der Waals surface area contributed by atoms with Crippen molar-refractivity contribution in [3.8, 4) is 0 Å². The molecule has 0 aromatic heterocycles. The van der Waals surface area contributed by atoms with Crippen molar-refractivity contribution in [2.24, 2.45) is 0 Å². The number of benzene rings is 1. The van der Waals surface area contributed by atoms with Crippen LogP contribution >= 0.6 is 0 Å². The molecule has 2 nitrogen and oxygen atoms in total.